The fourth-order valence-corrected chi connectivity index (χ4v) is 1.14. The van der Waals surface area contributed by atoms with E-state index in [2.05, 4.69) is 4.99 Å². The standard InChI is InChI=1S/C9H7NO/c11-8-5-7-3-1-2-4-9(7)10-6-8/h1-5H,6H2. The lowest BCUT2D eigenvalue weighted by Gasteiger charge is -1.96. The lowest BCUT2D eigenvalue weighted by Crippen LogP contribution is -2.30. The number of Topliss-reactive ketones (excluding diaryl/α,β-unsaturated/α-hetero) is 1. The fraction of sp³-hybridized carbons (Fsp3) is 0.111. The second-order valence-electron chi connectivity index (χ2n) is 2.49. The minimum absolute atomic E-state index is 0.0868. The molecule has 1 aromatic carbocycles. The highest BCUT2D eigenvalue weighted by molar-refractivity contribution is 6.07. The minimum Gasteiger partial charge on any atom is -0.293 e. The van der Waals surface area contributed by atoms with Crippen LogP contribution in [0.2, 0.25) is 0 Å². The molecule has 0 radical (unpaired) electrons. The predicted octanol–water partition coefficient (Wildman–Crippen LogP) is -0.331. The highest BCUT2D eigenvalue weighted by Gasteiger charge is 1.99. The van der Waals surface area contributed by atoms with Gasteiger partial charge in [0.25, 0.3) is 0 Å². The van der Waals surface area contributed by atoms with E-state index in [1.165, 1.54) is 0 Å². The monoisotopic (exact) mass is 145 g/mol. The molecule has 0 aliphatic carbocycles. The van der Waals surface area contributed by atoms with Crippen LogP contribution >= 0.6 is 0 Å². The molecule has 0 fully saturated rings. The second-order valence-corrected chi connectivity index (χ2v) is 2.49. The van der Waals surface area contributed by atoms with Crippen LogP contribution in [0.25, 0.3) is 6.08 Å². The number of benzene rings is 1. The smallest absolute Gasteiger partial charge is 0.177 e. The zero-order chi connectivity index (χ0) is 7.68. The first-order valence-corrected chi connectivity index (χ1v) is 3.50. The van der Waals surface area contributed by atoms with Crippen molar-refractivity contribution in [3.05, 3.63) is 34.8 Å². The fourth-order valence-electron chi connectivity index (χ4n) is 1.14. The third-order valence-electron chi connectivity index (χ3n) is 1.66. The Bertz CT molecular complexity index is 406. The molecule has 2 heteroatoms. The number of nitrogens with zero attached hydrogens (tertiary/aromatic N) is 1. The van der Waals surface area contributed by atoms with Gasteiger partial charge in [0.2, 0.25) is 0 Å². The number of hydrogen-bond donors (Lipinski definition) is 0. The van der Waals surface area contributed by atoms with E-state index in [0.29, 0.717) is 6.54 Å². The highest BCUT2D eigenvalue weighted by atomic mass is 16.1. The molecule has 1 heterocycles. The van der Waals surface area contributed by atoms with Gasteiger partial charge in [-0.3, -0.25) is 9.79 Å². The topological polar surface area (TPSA) is 29.4 Å². The number of fused-ring (bicyclic) bond motifs is 1. The van der Waals surface area contributed by atoms with Crippen LogP contribution in [0.5, 0.6) is 0 Å². The molecule has 54 valence electrons. The van der Waals surface area contributed by atoms with Crippen LogP contribution in [0.1, 0.15) is 0 Å². The van der Waals surface area contributed by atoms with Crippen LogP contribution in [0.15, 0.2) is 29.3 Å². The van der Waals surface area contributed by atoms with E-state index < -0.39 is 0 Å². The Morgan fingerprint density at radius 1 is 1.27 bits per heavy atom. The highest BCUT2D eigenvalue weighted by Crippen LogP contribution is 1.81. The molecule has 0 bridgehead atoms. The van der Waals surface area contributed by atoms with Gasteiger partial charge in [-0.05, 0) is 12.1 Å². The average Bonchev–Trinajstić information content (AvgIpc) is 2.04. The van der Waals surface area contributed by atoms with Crippen molar-refractivity contribution < 1.29 is 4.79 Å². The maximum atomic E-state index is 10.9. The van der Waals surface area contributed by atoms with Crippen molar-refractivity contribution in [2.75, 3.05) is 6.54 Å². The summed E-state index contributed by atoms with van der Waals surface area (Å²) in [6.45, 7) is 0.303. The van der Waals surface area contributed by atoms with Crippen LogP contribution in [0.4, 0.5) is 0 Å². The SMILES string of the molecule is O=C1C=c2ccccc2=NC1. The van der Waals surface area contributed by atoms with Crippen LogP contribution in [0, 0.1) is 0 Å². The number of carbonyl (C=O) groups excluding carboxylic acids is 1. The van der Waals surface area contributed by atoms with E-state index in [1.807, 2.05) is 24.3 Å². The van der Waals surface area contributed by atoms with Gasteiger partial charge in [-0.1, -0.05) is 18.2 Å². The zero-order valence-corrected chi connectivity index (χ0v) is 5.95. The van der Waals surface area contributed by atoms with Crippen LogP contribution in [-0.4, -0.2) is 12.3 Å². The first-order chi connectivity index (χ1) is 5.36. The molecule has 1 aliphatic rings. The number of carbonyl (C=O) groups is 1. The van der Waals surface area contributed by atoms with Crippen molar-refractivity contribution in [3.63, 3.8) is 0 Å². The summed E-state index contributed by atoms with van der Waals surface area (Å²) in [7, 11) is 0. The van der Waals surface area contributed by atoms with Crippen molar-refractivity contribution in [1.82, 2.24) is 0 Å². The maximum Gasteiger partial charge on any atom is 0.177 e. The van der Waals surface area contributed by atoms with E-state index in [4.69, 9.17) is 0 Å². The van der Waals surface area contributed by atoms with Crippen molar-refractivity contribution in [2.45, 2.75) is 0 Å². The third-order valence-corrected chi connectivity index (χ3v) is 1.66. The van der Waals surface area contributed by atoms with E-state index in [0.717, 1.165) is 10.6 Å². The molecular formula is C9H7NO. The van der Waals surface area contributed by atoms with E-state index >= 15 is 0 Å². The van der Waals surface area contributed by atoms with Crippen molar-refractivity contribution in [3.8, 4) is 0 Å². The van der Waals surface area contributed by atoms with Gasteiger partial charge in [0, 0.05) is 5.22 Å². The number of para-hydroxylation sites is 1. The summed E-state index contributed by atoms with van der Waals surface area (Å²) in [5.74, 6) is 0.0868. The molecule has 1 aromatic rings. The van der Waals surface area contributed by atoms with Gasteiger partial charge >= 0.3 is 0 Å². The van der Waals surface area contributed by atoms with Gasteiger partial charge < -0.3 is 0 Å². The van der Waals surface area contributed by atoms with Gasteiger partial charge in [-0.2, -0.15) is 0 Å². The van der Waals surface area contributed by atoms with Gasteiger partial charge in [0.1, 0.15) is 6.54 Å². The Labute approximate surface area is 63.9 Å². The molecule has 11 heavy (non-hydrogen) atoms. The Kier molecular flexibility index (Phi) is 1.32. The van der Waals surface area contributed by atoms with Crippen LogP contribution in [0.3, 0.4) is 0 Å². The first kappa shape index (κ1) is 6.28. The maximum absolute atomic E-state index is 10.9. The summed E-state index contributed by atoms with van der Waals surface area (Å²) in [5, 5.41) is 1.86. The summed E-state index contributed by atoms with van der Waals surface area (Å²) < 4.78 is 0. The summed E-state index contributed by atoms with van der Waals surface area (Å²) in [5.41, 5.74) is 0. The number of rotatable bonds is 0. The Morgan fingerprint density at radius 3 is 3.00 bits per heavy atom. The van der Waals surface area contributed by atoms with E-state index in [-0.39, 0.29) is 5.78 Å². The van der Waals surface area contributed by atoms with E-state index in [1.54, 1.807) is 6.08 Å². The molecule has 2 nitrogen and oxygen atoms in total. The molecule has 0 spiro atoms. The van der Waals surface area contributed by atoms with Crippen LogP contribution in [-0.2, 0) is 4.79 Å². The lowest BCUT2D eigenvalue weighted by atomic mass is 10.2. The molecule has 0 atom stereocenters. The summed E-state index contributed by atoms with van der Waals surface area (Å²) in [4.78, 5) is 15.0. The first-order valence-electron chi connectivity index (χ1n) is 3.50. The molecule has 0 N–H and O–H groups in total. The zero-order valence-electron chi connectivity index (χ0n) is 5.95. The molecule has 0 unspecified atom stereocenters. The average molecular weight is 145 g/mol. The lowest BCUT2D eigenvalue weighted by molar-refractivity contribution is -0.112. The second kappa shape index (κ2) is 2.31. The van der Waals surface area contributed by atoms with Gasteiger partial charge in [-0.25, -0.2) is 0 Å². The van der Waals surface area contributed by atoms with Gasteiger partial charge in [-0.15, -0.1) is 0 Å². The Morgan fingerprint density at radius 2 is 2.09 bits per heavy atom. The van der Waals surface area contributed by atoms with Crippen molar-refractivity contribution >= 4 is 11.9 Å². The molecule has 1 aliphatic heterocycles. The van der Waals surface area contributed by atoms with E-state index in [9.17, 15) is 4.79 Å². The molecule has 2 rings (SSSR count). The Balaban J connectivity index is 2.83. The predicted molar refractivity (Wildman–Crippen MR) is 41.6 cm³/mol. The van der Waals surface area contributed by atoms with Crippen molar-refractivity contribution in [2.24, 2.45) is 4.99 Å². The Hall–Kier alpha value is -1.44. The molecule has 0 aromatic heterocycles. The summed E-state index contributed by atoms with van der Waals surface area (Å²) >= 11 is 0. The quantitative estimate of drug-likeness (QED) is 0.491. The largest absolute Gasteiger partial charge is 0.293 e. The minimum atomic E-state index is 0.0868. The normalized spacial score (nSPS) is 14.7. The van der Waals surface area contributed by atoms with Gasteiger partial charge in [0.15, 0.2) is 5.78 Å². The molecule has 0 saturated heterocycles. The summed E-state index contributed by atoms with van der Waals surface area (Å²) in [6.07, 6.45) is 1.64. The van der Waals surface area contributed by atoms with Crippen LogP contribution < -0.4 is 10.6 Å². The number of ketones is 1. The summed E-state index contributed by atoms with van der Waals surface area (Å²) in [6, 6.07) is 7.64. The van der Waals surface area contributed by atoms with Crippen molar-refractivity contribution in [1.29, 1.82) is 0 Å². The molecular weight excluding hydrogens is 138 g/mol. The molecule has 0 amide bonds. The molecule has 0 saturated carbocycles. The van der Waals surface area contributed by atoms with Gasteiger partial charge in [0.05, 0.1) is 5.36 Å². The number of hydrogen-bond acceptors (Lipinski definition) is 2. The third kappa shape index (κ3) is 1.07.